The van der Waals surface area contributed by atoms with Crippen LogP contribution in [0.3, 0.4) is 0 Å². The first-order valence-corrected chi connectivity index (χ1v) is 11.0. The van der Waals surface area contributed by atoms with Crippen LogP contribution in [-0.2, 0) is 32.6 Å². The SMILES string of the molecule is Cc1nc2c(c(N3CCn4c(nnc4C4CC4)C3)n1)CN(Cc1ccccc1)CC2. The maximum Gasteiger partial charge on any atom is 0.152 e. The van der Waals surface area contributed by atoms with Gasteiger partial charge in [0.1, 0.15) is 17.5 Å². The molecule has 1 aromatic carbocycles. The summed E-state index contributed by atoms with van der Waals surface area (Å²) in [7, 11) is 0. The largest absolute Gasteiger partial charge is 0.347 e. The van der Waals surface area contributed by atoms with Crippen molar-refractivity contribution in [1.82, 2.24) is 29.6 Å². The zero-order valence-corrected chi connectivity index (χ0v) is 17.5. The number of fused-ring (bicyclic) bond motifs is 2. The number of aryl methyl sites for hydroxylation is 1. The highest BCUT2D eigenvalue weighted by atomic mass is 15.4. The molecule has 2 aliphatic heterocycles. The van der Waals surface area contributed by atoms with Gasteiger partial charge in [-0.2, -0.15) is 0 Å². The van der Waals surface area contributed by atoms with Crippen molar-refractivity contribution >= 4 is 5.82 Å². The fourth-order valence-corrected chi connectivity index (χ4v) is 4.82. The van der Waals surface area contributed by atoms with Gasteiger partial charge in [-0.3, -0.25) is 4.90 Å². The highest BCUT2D eigenvalue weighted by Crippen LogP contribution is 2.40. The molecule has 30 heavy (non-hydrogen) atoms. The minimum Gasteiger partial charge on any atom is -0.347 e. The molecule has 154 valence electrons. The minimum absolute atomic E-state index is 0.637. The molecule has 0 unspecified atom stereocenters. The molecular weight excluding hydrogens is 374 g/mol. The van der Waals surface area contributed by atoms with E-state index in [4.69, 9.17) is 9.97 Å². The summed E-state index contributed by atoms with van der Waals surface area (Å²) < 4.78 is 2.34. The second-order valence-corrected chi connectivity index (χ2v) is 8.79. The van der Waals surface area contributed by atoms with Crippen molar-refractivity contribution in [3.63, 3.8) is 0 Å². The van der Waals surface area contributed by atoms with E-state index in [1.165, 1.54) is 35.5 Å². The Morgan fingerprint density at radius 2 is 1.83 bits per heavy atom. The molecule has 0 radical (unpaired) electrons. The second-order valence-electron chi connectivity index (χ2n) is 8.79. The van der Waals surface area contributed by atoms with Gasteiger partial charge >= 0.3 is 0 Å². The fraction of sp³-hybridized carbons (Fsp3) is 0.478. The Balaban J connectivity index is 1.28. The Morgan fingerprint density at radius 3 is 2.67 bits per heavy atom. The monoisotopic (exact) mass is 401 g/mol. The van der Waals surface area contributed by atoms with E-state index in [-0.39, 0.29) is 0 Å². The summed E-state index contributed by atoms with van der Waals surface area (Å²) >= 11 is 0. The van der Waals surface area contributed by atoms with E-state index in [0.29, 0.717) is 5.92 Å². The predicted molar refractivity (Wildman–Crippen MR) is 114 cm³/mol. The van der Waals surface area contributed by atoms with Crippen LogP contribution in [0.4, 0.5) is 5.82 Å². The van der Waals surface area contributed by atoms with E-state index < -0.39 is 0 Å². The van der Waals surface area contributed by atoms with Crippen LogP contribution in [0.1, 0.15) is 53.1 Å². The van der Waals surface area contributed by atoms with Gasteiger partial charge in [0.05, 0.1) is 12.2 Å². The molecule has 7 nitrogen and oxygen atoms in total. The minimum atomic E-state index is 0.637. The molecule has 0 bridgehead atoms. The molecule has 4 heterocycles. The smallest absolute Gasteiger partial charge is 0.152 e. The van der Waals surface area contributed by atoms with Gasteiger partial charge in [-0.15, -0.1) is 10.2 Å². The van der Waals surface area contributed by atoms with Crippen molar-refractivity contribution in [2.45, 2.75) is 58.3 Å². The standard InChI is InChI=1S/C23H27N7/c1-16-24-20-9-10-28(13-17-5-3-2-4-6-17)14-19(20)23(25-16)29-11-12-30-21(15-29)26-27-22(30)18-7-8-18/h2-6,18H,7-15H2,1H3. The molecule has 0 saturated heterocycles. The molecule has 3 aliphatic rings. The third-order valence-electron chi connectivity index (χ3n) is 6.50. The summed E-state index contributed by atoms with van der Waals surface area (Å²) in [5.41, 5.74) is 3.86. The van der Waals surface area contributed by atoms with Crippen LogP contribution in [-0.4, -0.2) is 42.7 Å². The van der Waals surface area contributed by atoms with Crippen molar-refractivity contribution in [3.8, 4) is 0 Å². The first-order valence-electron chi connectivity index (χ1n) is 11.0. The third-order valence-corrected chi connectivity index (χ3v) is 6.50. The number of aromatic nitrogens is 5. The average Bonchev–Trinajstić information content (AvgIpc) is 3.53. The molecular formula is C23H27N7. The molecule has 7 heteroatoms. The van der Waals surface area contributed by atoms with Crippen LogP contribution in [0.5, 0.6) is 0 Å². The first-order chi connectivity index (χ1) is 14.7. The van der Waals surface area contributed by atoms with Crippen molar-refractivity contribution in [2.24, 2.45) is 0 Å². The molecule has 1 saturated carbocycles. The van der Waals surface area contributed by atoms with Crippen LogP contribution in [0.2, 0.25) is 0 Å². The van der Waals surface area contributed by atoms with Crippen LogP contribution < -0.4 is 4.90 Å². The number of nitrogens with zero attached hydrogens (tertiary/aromatic N) is 7. The van der Waals surface area contributed by atoms with Crippen LogP contribution in [0.15, 0.2) is 30.3 Å². The highest BCUT2D eigenvalue weighted by Gasteiger charge is 2.33. The summed E-state index contributed by atoms with van der Waals surface area (Å²) in [5, 5.41) is 9.01. The Morgan fingerprint density at radius 1 is 0.967 bits per heavy atom. The Labute approximate surface area is 176 Å². The lowest BCUT2D eigenvalue weighted by molar-refractivity contribution is 0.242. The number of hydrogen-bond acceptors (Lipinski definition) is 6. The van der Waals surface area contributed by atoms with Gasteiger partial charge in [0, 0.05) is 50.6 Å². The Bertz CT molecular complexity index is 1070. The van der Waals surface area contributed by atoms with E-state index in [2.05, 4.69) is 54.9 Å². The van der Waals surface area contributed by atoms with Crippen molar-refractivity contribution < 1.29 is 0 Å². The molecule has 0 spiro atoms. The average molecular weight is 402 g/mol. The van der Waals surface area contributed by atoms with Gasteiger partial charge in [-0.05, 0) is 25.3 Å². The normalized spacial score (nSPS) is 18.9. The third kappa shape index (κ3) is 3.27. The van der Waals surface area contributed by atoms with Gasteiger partial charge in [0.15, 0.2) is 5.82 Å². The maximum atomic E-state index is 4.91. The first kappa shape index (κ1) is 18.0. The van der Waals surface area contributed by atoms with Crippen LogP contribution in [0, 0.1) is 6.92 Å². The predicted octanol–water partition coefficient (Wildman–Crippen LogP) is 2.83. The van der Waals surface area contributed by atoms with Crippen molar-refractivity contribution in [3.05, 3.63) is 64.6 Å². The lowest BCUT2D eigenvalue weighted by Gasteiger charge is -2.34. The zero-order valence-electron chi connectivity index (χ0n) is 17.5. The van der Waals surface area contributed by atoms with E-state index in [1.807, 2.05) is 6.92 Å². The summed E-state index contributed by atoms with van der Waals surface area (Å²) in [5.74, 6) is 4.87. The molecule has 0 amide bonds. The topological polar surface area (TPSA) is 63.0 Å². The van der Waals surface area contributed by atoms with Crippen molar-refractivity contribution in [1.29, 1.82) is 0 Å². The van der Waals surface area contributed by atoms with E-state index in [0.717, 1.165) is 63.2 Å². The summed E-state index contributed by atoms with van der Waals surface area (Å²) in [6.07, 6.45) is 3.50. The highest BCUT2D eigenvalue weighted by molar-refractivity contribution is 5.51. The number of anilines is 1. The van der Waals surface area contributed by atoms with E-state index in [9.17, 15) is 0 Å². The van der Waals surface area contributed by atoms with Crippen LogP contribution >= 0.6 is 0 Å². The van der Waals surface area contributed by atoms with Gasteiger partial charge in [-0.1, -0.05) is 30.3 Å². The fourth-order valence-electron chi connectivity index (χ4n) is 4.82. The lowest BCUT2D eigenvalue weighted by atomic mass is 10.0. The second kappa shape index (κ2) is 7.16. The summed E-state index contributed by atoms with van der Waals surface area (Å²) in [4.78, 5) is 14.6. The Hall–Kier alpha value is -2.80. The Kier molecular flexibility index (Phi) is 4.30. The summed E-state index contributed by atoms with van der Waals surface area (Å²) in [6.45, 7) is 7.59. The molecule has 0 N–H and O–H groups in total. The molecule has 0 atom stereocenters. The van der Waals surface area contributed by atoms with Gasteiger partial charge in [0.25, 0.3) is 0 Å². The maximum absolute atomic E-state index is 4.91. The summed E-state index contributed by atoms with van der Waals surface area (Å²) in [6, 6.07) is 10.7. The van der Waals surface area contributed by atoms with Crippen LogP contribution in [0.25, 0.3) is 0 Å². The zero-order chi connectivity index (χ0) is 20.1. The molecule has 3 aromatic rings. The lowest BCUT2D eigenvalue weighted by Crippen LogP contribution is -2.38. The molecule has 6 rings (SSSR count). The molecule has 1 aliphatic carbocycles. The quantitative estimate of drug-likeness (QED) is 0.670. The number of benzene rings is 1. The molecule has 2 aromatic heterocycles. The van der Waals surface area contributed by atoms with Crippen molar-refractivity contribution in [2.75, 3.05) is 18.0 Å². The van der Waals surface area contributed by atoms with Gasteiger partial charge in [0.2, 0.25) is 0 Å². The van der Waals surface area contributed by atoms with Gasteiger partial charge < -0.3 is 9.47 Å². The number of hydrogen-bond donors (Lipinski definition) is 0. The van der Waals surface area contributed by atoms with E-state index in [1.54, 1.807) is 0 Å². The number of rotatable bonds is 4. The van der Waals surface area contributed by atoms with E-state index >= 15 is 0 Å². The molecule has 1 fully saturated rings. The van der Waals surface area contributed by atoms with Gasteiger partial charge in [-0.25, -0.2) is 9.97 Å².